The van der Waals surface area contributed by atoms with Gasteiger partial charge in [0.25, 0.3) is 5.91 Å². The molecular weight excluding hydrogens is 546 g/mol. The molecule has 9 heteroatoms. The smallest absolute Gasteiger partial charge is 0.286 e. The fourth-order valence-corrected chi connectivity index (χ4v) is 7.35. The van der Waals surface area contributed by atoms with Crippen LogP contribution in [0.15, 0.2) is 64.7 Å². The Labute approximate surface area is 251 Å². The van der Waals surface area contributed by atoms with Crippen molar-refractivity contribution in [1.82, 2.24) is 9.99 Å². The molecule has 3 fully saturated rings. The number of rotatable bonds is 5. The number of benzene rings is 2. The molecule has 8 nitrogen and oxygen atoms in total. The summed E-state index contributed by atoms with van der Waals surface area (Å²) in [6, 6.07) is 17.4. The number of hydrazone groups is 1. The number of nitrogens with zero attached hydrogens (tertiary/aromatic N) is 5. The third kappa shape index (κ3) is 5.37. The number of aryl methyl sites for hydroxylation is 1. The standard InChI is InChI=1S/C33H37N5O3S/c1-23-32(42-22-34-23)33(39)38-31(25-7-11-28(12-8-25)37-15-19-41-20-16-37)29-4-2-3-26(30(29)35-38)21-24-5-9-27(10-6-24)36-13-17-40-18-14-36/h5-12,21-22,29,31H,2-4,13-20H2,1H3/b26-21-/t29-,31-/m0/s1. The molecule has 1 saturated carbocycles. The van der Waals surface area contributed by atoms with Crippen molar-refractivity contribution < 1.29 is 14.3 Å². The molecule has 42 heavy (non-hydrogen) atoms. The minimum atomic E-state index is -0.139. The van der Waals surface area contributed by atoms with Gasteiger partial charge in [0.2, 0.25) is 0 Å². The lowest BCUT2D eigenvalue weighted by Gasteiger charge is -2.31. The van der Waals surface area contributed by atoms with Crippen LogP contribution >= 0.6 is 11.3 Å². The third-order valence-electron chi connectivity index (χ3n) is 8.87. The van der Waals surface area contributed by atoms with Crippen LogP contribution in [0.1, 0.15) is 51.8 Å². The van der Waals surface area contributed by atoms with Crippen LogP contribution in [0.4, 0.5) is 11.4 Å². The summed E-state index contributed by atoms with van der Waals surface area (Å²) in [5.74, 6) is 0.0948. The zero-order chi connectivity index (χ0) is 28.5. The van der Waals surface area contributed by atoms with Gasteiger partial charge in [-0.3, -0.25) is 4.79 Å². The number of hydrogen-bond acceptors (Lipinski definition) is 8. The van der Waals surface area contributed by atoms with E-state index in [1.807, 2.05) is 6.92 Å². The molecule has 0 bridgehead atoms. The largest absolute Gasteiger partial charge is 0.378 e. The van der Waals surface area contributed by atoms with Gasteiger partial charge in [0, 0.05) is 43.5 Å². The van der Waals surface area contributed by atoms with Crippen LogP contribution in [0, 0.1) is 12.8 Å². The quantitative estimate of drug-likeness (QED) is 0.392. The molecule has 0 spiro atoms. The monoisotopic (exact) mass is 583 g/mol. The van der Waals surface area contributed by atoms with E-state index in [-0.39, 0.29) is 17.9 Å². The highest BCUT2D eigenvalue weighted by Crippen LogP contribution is 2.45. The Balaban J connectivity index is 1.20. The molecular formula is C33H37N5O3S. The van der Waals surface area contributed by atoms with Crippen molar-refractivity contribution in [3.63, 3.8) is 0 Å². The van der Waals surface area contributed by atoms with Gasteiger partial charge in [-0.15, -0.1) is 11.3 Å². The summed E-state index contributed by atoms with van der Waals surface area (Å²) < 4.78 is 11.1. The maximum atomic E-state index is 14.0. The van der Waals surface area contributed by atoms with Crippen molar-refractivity contribution in [2.75, 3.05) is 62.4 Å². The normalized spacial score (nSPS) is 23.7. The van der Waals surface area contributed by atoms with Gasteiger partial charge in [-0.1, -0.05) is 24.3 Å². The maximum Gasteiger partial charge on any atom is 0.286 e. The molecule has 2 saturated heterocycles. The van der Waals surface area contributed by atoms with Crippen LogP contribution in [0.3, 0.4) is 0 Å². The lowest BCUT2D eigenvalue weighted by molar-refractivity contribution is 0.0685. The molecule has 7 rings (SSSR count). The van der Waals surface area contributed by atoms with Gasteiger partial charge in [0.05, 0.1) is 49.4 Å². The molecule has 4 aliphatic rings. The van der Waals surface area contributed by atoms with E-state index in [4.69, 9.17) is 14.6 Å². The summed E-state index contributed by atoms with van der Waals surface area (Å²) in [5, 5.41) is 6.86. The minimum absolute atomic E-state index is 0.0617. The van der Waals surface area contributed by atoms with Crippen LogP contribution in [-0.4, -0.2) is 74.2 Å². The molecule has 3 aromatic rings. The number of carbonyl (C=O) groups is 1. The van der Waals surface area contributed by atoms with Gasteiger partial charge in [-0.05, 0) is 73.2 Å². The molecule has 0 radical (unpaired) electrons. The van der Waals surface area contributed by atoms with Gasteiger partial charge in [0.15, 0.2) is 0 Å². The second-order valence-corrected chi connectivity index (χ2v) is 12.3. The van der Waals surface area contributed by atoms with Crippen LogP contribution in [0.25, 0.3) is 6.08 Å². The average Bonchev–Trinajstić information content (AvgIpc) is 3.66. The summed E-state index contributed by atoms with van der Waals surface area (Å²) in [5.41, 5.74) is 9.52. The number of aromatic nitrogens is 1. The predicted molar refractivity (Wildman–Crippen MR) is 167 cm³/mol. The first-order valence-corrected chi connectivity index (χ1v) is 15.9. The van der Waals surface area contributed by atoms with E-state index in [1.165, 1.54) is 33.8 Å². The zero-order valence-electron chi connectivity index (χ0n) is 24.1. The second kappa shape index (κ2) is 12.0. The van der Waals surface area contributed by atoms with Gasteiger partial charge in [-0.2, -0.15) is 5.10 Å². The molecule has 1 amide bonds. The van der Waals surface area contributed by atoms with Crippen molar-refractivity contribution >= 4 is 40.4 Å². The van der Waals surface area contributed by atoms with E-state index in [0.717, 1.165) is 88.8 Å². The van der Waals surface area contributed by atoms with Crippen molar-refractivity contribution in [3.8, 4) is 0 Å². The van der Waals surface area contributed by atoms with Crippen LogP contribution in [-0.2, 0) is 9.47 Å². The summed E-state index contributed by atoms with van der Waals surface area (Å²) in [7, 11) is 0. The molecule has 2 atom stereocenters. The first-order valence-electron chi connectivity index (χ1n) is 15.0. The number of morpholine rings is 2. The molecule has 3 aliphatic heterocycles. The Hall–Kier alpha value is -3.53. The third-order valence-corrected chi connectivity index (χ3v) is 9.79. The van der Waals surface area contributed by atoms with Gasteiger partial charge in [0.1, 0.15) is 4.88 Å². The van der Waals surface area contributed by atoms with E-state index in [1.54, 1.807) is 10.5 Å². The van der Waals surface area contributed by atoms with Crippen molar-refractivity contribution in [3.05, 3.63) is 81.3 Å². The van der Waals surface area contributed by atoms with E-state index in [0.29, 0.717) is 4.88 Å². The number of hydrogen-bond donors (Lipinski definition) is 0. The first-order chi connectivity index (χ1) is 20.7. The predicted octanol–water partition coefficient (Wildman–Crippen LogP) is 5.56. The number of anilines is 2. The van der Waals surface area contributed by atoms with Crippen LogP contribution < -0.4 is 9.80 Å². The SMILES string of the molecule is Cc1ncsc1C(=O)N1N=C2/C(=C\c3ccc(N4CCOCC4)cc3)CCC[C@@H]2[C@@H]1c1ccc(N2CCOCC2)cc1. The highest BCUT2D eigenvalue weighted by Gasteiger charge is 2.44. The minimum Gasteiger partial charge on any atom is -0.378 e. The molecule has 2 aromatic carbocycles. The van der Waals surface area contributed by atoms with E-state index >= 15 is 0 Å². The maximum absolute atomic E-state index is 14.0. The lowest BCUT2D eigenvalue weighted by Crippen LogP contribution is -2.36. The Morgan fingerprint density at radius 2 is 1.52 bits per heavy atom. The summed E-state index contributed by atoms with van der Waals surface area (Å²) in [4.78, 5) is 23.7. The molecule has 0 N–H and O–H groups in total. The van der Waals surface area contributed by atoms with Gasteiger partial charge in [-0.25, -0.2) is 9.99 Å². The van der Waals surface area contributed by atoms with Crippen LogP contribution in [0.5, 0.6) is 0 Å². The molecule has 218 valence electrons. The van der Waals surface area contributed by atoms with E-state index in [9.17, 15) is 4.79 Å². The number of fused-ring (bicyclic) bond motifs is 1. The van der Waals surface area contributed by atoms with Crippen molar-refractivity contribution in [2.24, 2.45) is 11.0 Å². The Morgan fingerprint density at radius 1 is 0.905 bits per heavy atom. The zero-order valence-corrected chi connectivity index (χ0v) is 24.9. The van der Waals surface area contributed by atoms with E-state index < -0.39 is 0 Å². The Kier molecular flexibility index (Phi) is 7.80. The first kappa shape index (κ1) is 27.3. The number of amides is 1. The van der Waals surface area contributed by atoms with E-state index in [2.05, 4.69) is 69.4 Å². The fourth-order valence-electron chi connectivity index (χ4n) is 6.62. The summed E-state index contributed by atoms with van der Waals surface area (Å²) >= 11 is 1.40. The van der Waals surface area contributed by atoms with Crippen molar-refractivity contribution in [1.29, 1.82) is 0 Å². The average molecular weight is 584 g/mol. The number of thiazole rings is 1. The second-order valence-electron chi connectivity index (χ2n) is 11.4. The Bertz CT molecular complexity index is 1470. The molecule has 4 heterocycles. The molecule has 1 aromatic heterocycles. The highest BCUT2D eigenvalue weighted by molar-refractivity contribution is 7.11. The summed E-state index contributed by atoms with van der Waals surface area (Å²) in [6.07, 6.45) is 5.32. The lowest BCUT2D eigenvalue weighted by atomic mass is 9.77. The number of carbonyl (C=O) groups excluding carboxylic acids is 1. The van der Waals surface area contributed by atoms with Gasteiger partial charge >= 0.3 is 0 Å². The number of ether oxygens (including phenoxy) is 2. The number of allylic oxidation sites excluding steroid dienone is 1. The molecule has 1 aliphatic carbocycles. The fraction of sp³-hybridized carbons (Fsp3) is 0.424. The molecule has 0 unspecified atom stereocenters. The van der Waals surface area contributed by atoms with Gasteiger partial charge < -0.3 is 19.3 Å². The highest BCUT2D eigenvalue weighted by atomic mass is 32.1. The Morgan fingerprint density at radius 3 is 2.12 bits per heavy atom. The van der Waals surface area contributed by atoms with Crippen molar-refractivity contribution in [2.45, 2.75) is 32.2 Å². The topological polar surface area (TPSA) is 70.5 Å². The van der Waals surface area contributed by atoms with Crippen LogP contribution in [0.2, 0.25) is 0 Å². The summed E-state index contributed by atoms with van der Waals surface area (Å²) in [6.45, 7) is 8.62.